The molecule has 6 nitrogen and oxygen atoms in total. The van der Waals surface area contributed by atoms with E-state index in [0.717, 1.165) is 20.9 Å². The highest BCUT2D eigenvalue weighted by atomic mass is 32.1. The van der Waals surface area contributed by atoms with Crippen LogP contribution in [-0.2, 0) is 6.54 Å². The van der Waals surface area contributed by atoms with Crippen molar-refractivity contribution in [2.75, 3.05) is 0 Å². The van der Waals surface area contributed by atoms with Crippen molar-refractivity contribution in [3.63, 3.8) is 0 Å². The van der Waals surface area contributed by atoms with Gasteiger partial charge < -0.3 is 5.32 Å². The SMILES string of the molecule is Cc1cc(=O)c(C(=O)NCc2nc3ccccc3s2)nn1-c1ccccc1. The number of amides is 1. The van der Waals surface area contributed by atoms with Crippen molar-refractivity contribution in [3.05, 3.63) is 87.3 Å². The molecule has 0 saturated carbocycles. The zero-order valence-electron chi connectivity index (χ0n) is 14.5. The standard InChI is InChI=1S/C20H16N4O2S/c1-13-11-16(25)19(23-24(13)14-7-3-2-4-8-14)20(26)21-12-18-22-15-9-5-6-10-17(15)27-18/h2-11H,12H2,1H3,(H,21,26). The van der Waals surface area contributed by atoms with Crippen LogP contribution in [0.3, 0.4) is 0 Å². The van der Waals surface area contributed by atoms with Crippen LogP contribution >= 0.6 is 11.3 Å². The van der Waals surface area contributed by atoms with Crippen LogP contribution in [0.15, 0.2) is 65.5 Å². The molecule has 0 aliphatic heterocycles. The first-order valence-electron chi connectivity index (χ1n) is 8.41. The minimum Gasteiger partial charge on any atom is -0.344 e. The maximum absolute atomic E-state index is 12.5. The lowest BCUT2D eigenvalue weighted by atomic mass is 10.2. The first-order valence-corrected chi connectivity index (χ1v) is 9.22. The molecule has 0 aliphatic carbocycles. The molecule has 134 valence electrons. The average Bonchev–Trinajstić information content (AvgIpc) is 3.10. The van der Waals surface area contributed by atoms with Crippen LogP contribution in [0.1, 0.15) is 21.2 Å². The number of nitrogens with zero attached hydrogens (tertiary/aromatic N) is 3. The van der Waals surface area contributed by atoms with Gasteiger partial charge in [-0.05, 0) is 31.2 Å². The highest BCUT2D eigenvalue weighted by Gasteiger charge is 2.16. The van der Waals surface area contributed by atoms with Gasteiger partial charge in [-0.1, -0.05) is 30.3 Å². The molecule has 0 spiro atoms. The number of carbonyl (C=O) groups excluding carboxylic acids is 1. The van der Waals surface area contributed by atoms with Crippen LogP contribution < -0.4 is 10.7 Å². The monoisotopic (exact) mass is 376 g/mol. The molecule has 4 rings (SSSR count). The van der Waals surface area contributed by atoms with Gasteiger partial charge in [0.15, 0.2) is 5.69 Å². The van der Waals surface area contributed by atoms with Crippen LogP contribution in [0.4, 0.5) is 0 Å². The van der Waals surface area contributed by atoms with Gasteiger partial charge in [-0.25, -0.2) is 9.67 Å². The maximum Gasteiger partial charge on any atom is 0.276 e. The van der Waals surface area contributed by atoms with E-state index in [2.05, 4.69) is 15.4 Å². The van der Waals surface area contributed by atoms with E-state index >= 15 is 0 Å². The number of benzene rings is 2. The summed E-state index contributed by atoms with van der Waals surface area (Å²) in [5.74, 6) is -0.510. The molecule has 2 heterocycles. The Hall–Kier alpha value is -3.32. The third-order valence-electron chi connectivity index (χ3n) is 4.06. The number of carbonyl (C=O) groups is 1. The molecule has 0 fully saturated rings. The Morgan fingerprint density at radius 2 is 1.85 bits per heavy atom. The molecule has 1 N–H and O–H groups in total. The van der Waals surface area contributed by atoms with Gasteiger partial charge in [-0.15, -0.1) is 11.3 Å². The molecule has 0 bridgehead atoms. The topological polar surface area (TPSA) is 76.9 Å². The Balaban J connectivity index is 1.58. The van der Waals surface area contributed by atoms with E-state index in [9.17, 15) is 9.59 Å². The van der Waals surface area contributed by atoms with Gasteiger partial charge in [-0.2, -0.15) is 5.10 Å². The van der Waals surface area contributed by atoms with Crippen molar-refractivity contribution in [2.24, 2.45) is 0 Å². The fraction of sp³-hybridized carbons (Fsp3) is 0.100. The molecule has 2 aromatic heterocycles. The predicted molar refractivity (Wildman–Crippen MR) is 105 cm³/mol. The molecule has 4 aromatic rings. The summed E-state index contributed by atoms with van der Waals surface area (Å²) in [6.07, 6.45) is 0. The molecular formula is C20H16N4O2S. The Morgan fingerprint density at radius 3 is 2.63 bits per heavy atom. The molecule has 0 atom stereocenters. The van der Waals surface area contributed by atoms with E-state index in [4.69, 9.17) is 0 Å². The zero-order chi connectivity index (χ0) is 18.8. The molecule has 0 radical (unpaired) electrons. The molecule has 0 unspecified atom stereocenters. The Kier molecular flexibility index (Phi) is 4.52. The second-order valence-electron chi connectivity index (χ2n) is 6.00. The molecule has 0 aliphatic rings. The van der Waals surface area contributed by atoms with Crippen molar-refractivity contribution in [1.29, 1.82) is 0 Å². The highest BCUT2D eigenvalue weighted by Crippen LogP contribution is 2.21. The molecule has 0 saturated heterocycles. The van der Waals surface area contributed by atoms with Crippen molar-refractivity contribution in [2.45, 2.75) is 13.5 Å². The summed E-state index contributed by atoms with van der Waals surface area (Å²) in [7, 11) is 0. The average molecular weight is 376 g/mol. The van der Waals surface area contributed by atoms with Gasteiger partial charge in [-0.3, -0.25) is 9.59 Å². The van der Waals surface area contributed by atoms with Gasteiger partial charge in [0.1, 0.15) is 5.01 Å². The number of para-hydroxylation sites is 2. The molecule has 2 aromatic carbocycles. The number of thiazole rings is 1. The lowest BCUT2D eigenvalue weighted by Crippen LogP contribution is -2.31. The van der Waals surface area contributed by atoms with E-state index in [0.29, 0.717) is 5.69 Å². The lowest BCUT2D eigenvalue weighted by molar-refractivity contribution is 0.0943. The number of hydrogen-bond acceptors (Lipinski definition) is 5. The van der Waals surface area contributed by atoms with Crippen molar-refractivity contribution >= 4 is 27.5 Å². The quantitative estimate of drug-likeness (QED) is 0.594. The van der Waals surface area contributed by atoms with Crippen LogP contribution in [0.25, 0.3) is 15.9 Å². The summed E-state index contributed by atoms with van der Waals surface area (Å²) < 4.78 is 2.65. The summed E-state index contributed by atoms with van der Waals surface area (Å²) in [4.78, 5) is 29.3. The Bertz CT molecular complexity index is 1150. The number of hydrogen-bond donors (Lipinski definition) is 1. The van der Waals surface area contributed by atoms with E-state index < -0.39 is 11.3 Å². The molecule has 1 amide bonds. The molecule has 7 heteroatoms. The normalized spacial score (nSPS) is 10.9. The summed E-state index contributed by atoms with van der Waals surface area (Å²) in [6, 6.07) is 18.6. The summed E-state index contributed by atoms with van der Waals surface area (Å²) >= 11 is 1.51. The van der Waals surface area contributed by atoms with Crippen LogP contribution in [-0.4, -0.2) is 20.7 Å². The Labute approximate surface area is 159 Å². The minimum atomic E-state index is -0.510. The fourth-order valence-electron chi connectivity index (χ4n) is 2.77. The van der Waals surface area contributed by atoms with Gasteiger partial charge in [0, 0.05) is 11.8 Å². The summed E-state index contributed by atoms with van der Waals surface area (Å²) in [5.41, 5.74) is 1.81. The van der Waals surface area contributed by atoms with Gasteiger partial charge in [0.05, 0.1) is 22.4 Å². The fourth-order valence-corrected chi connectivity index (χ4v) is 3.68. The summed E-state index contributed by atoms with van der Waals surface area (Å²) in [5, 5.41) is 7.80. The third kappa shape index (κ3) is 3.50. The maximum atomic E-state index is 12.5. The van der Waals surface area contributed by atoms with Gasteiger partial charge >= 0.3 is 0 Å². The first kappa shape index (κ1) is 17.1. The number of rotatable bonds is 4. The molecule has 27 heavy (non-hydrogen) atoms. The number of aryl methyl sites for hydroxylation is 1. The Morgan fingerprint density at radius 1 is 1.11 bits per heavy atom. The predicted octanol–water partition coefficient (Wildman–Crippen LogP) is 3.08. The van der Waals surface area contributed by atoms with Crippen molar-refractivity contribution < 1.29 is 4.79 Å². The summed E-state index contributed by atoms with van der Waals surface area (Å²) in [6.45, 7) is 2.03. The second kappa shape index (κ2) is 7.13. The lowest BCUT2D eigenvalue weighted by Gasteiger charge is -2.11. The van der Waals surface area contributed by atoms with Crippen LogP contribution in [0, 0.1) is 6.92 Å². The minimum absolute atomic E-state index is 0.134. The van der Waals surface area contributed by atoms with Crippen LogP contribution in [0.2, 0.25) is 0 Å². The smallest absolute Gasteiger partial charge is 0.276 e. The van der Waals surface area contributed by atoms with Crippen molar-refractivity contribution in [3.8, 4) is 5.69 Å². The van der Waals surface area contributed by atoms with E-state index in [1.807, 2.05) is 54.6 Å². The number of nitrogens with one attached hydrogen (secondary N) is 1. The highest BCUT2D eigenvalue weighted by molar-refractivity contribution is 7.18. The molecular weight excluding hydrogens is 360 g/mol. The van der Waals surface area contributed by atoms with E-state index in [1.54, 1.807) is 11.6 Å². The van der Waals surface area contributed by atoms with Crippen molar-refractivity contribution in [1.82, 2.24) is 20.1 Å². The second-order valence-corrected chi connectivity index (χ2v) is 7.12. The number of fused-ring (bicyclic) bond motifs is 1. The largest absolute Gasteiger partial charge is 0.344 e. The number of aromatic nitrogens is 3. The third-order valence-corrected chi connectivity index (χ3v) is 5.10. The van der Waals surface area contributed by atoms with E-state index in [-0.39, 0.29) is 12.2 Å². The van der Waals surface area contributed by atoms with Gasteiger partial charge in [0.2, 0.25) is 5.43 Å². The van der Waals surface area contributed by atoms with E-state index in [1.165, 1.54) is 17.4 Å². The van der Waals surface area contributed by atoms with Gasteiger partial charge in [0.25, 0.3) is 5.91 Å². The van der Waals surface area contributed by atoms with Crippen LogP contribution in [0.5, 0.6) is 0 Å². The zero-order valence-corrected chi connectivity index (χ0v) is 15.4. The first-order chi connectivity index (χ1) is 13.1.